The summed E-state index contributed by atoms with van der Waals surface area (Å²) in [6.07, 6.45) is 11.9. The first kappa shape index (κ1) is 10.2. The van der Waals surface area contributed by atoms with Gasteiger partial charge in [-0.15, -0.1) is 6.58 Å². The van der Waals surface area contributed by atoms with Gasteiger partial charge in [0, 0.05) is 0 Å². The third-order valence-corrected chi connectivity index (χ3v) is 1.63. The van der Waals surface area contributed by atoms with Gasteiger partial charge in [0.15, 0.2) is 0 Å². The topological polar surface area (TPSA) is 0 Å². The van der Waals surface area contributed by atoms with E-state index < -0.39 is 0 Å². The summed E-state index contributed by atoms with van der Waals surface area (Å²) in [6.45, 7) is 7.83. The lowest BCUT2D eigenvalue weighted by Crippen LogP contribution is -1.78. The summed E-state index contributed by atoms with van der Waals surface area (Å²) < 4.78 is 0. The molecule has 0 aromatic carbocycles. The average Bonchev–Trinajstić information content (AvgIpc) is 2.03. The minimum atomic E-state index is 1.12. The molecule has 0 aliphatic carbocycles. The lowest BCUT2D eigenvalue weighted by Gasteiger charge is -1.97. The second-order valence-corrected chi connectivity index (χ2v) is 2.54. The van der Waals surface area contributed by atoms with E-state index in [1.54, 1.807) is 0 Å². The fourth-order valence-electron chi connectivity index (χ4n) is 0.988. The largest absolute Gasteiger partial charge is 0.103 e. The van der Waals surface area contributed by atoms with Crippen LogP contribution < -0.4 is 0 Å². The zero-order valence-corrected chi connectivity index (χ0v) is 7.64. The summed E-state index contributed by atoms with van der Waals surface area (Å²) in [6, 6.07) is 0. The molecule has 0 aromatic rings. The molecule has 0 saturated heterocycles. The summed E-state index contributed by atoms with van der Waals surface area (Å²) in [5.74, 6) is 0. The first-order valence-electron chi connectivity index (χ1n) is 4.24. The van der Waals surface area contributed by atoms with Crippen molar-refractivity contribution in [3.05, 3.63) is 36.5 Å². The number of hydrogen-bond donors (Lipinski definition) is 0. The standard InChI is InChI=1S/C11H18/c1-4-7-8-10-11(6-3)9-5-2/h4-6,9H,1,7-8,10H2,2-3H3/b9-5-,11-6+. The van der Waals surface area contributed by atoms with Crippen LogP contribution in [0.5, 0.6) is 0 Å². The van der Waals surface area contributed by atoms with Crippen molar-refractivity contribution in [1.82, 2.24) is 0 Å². The highest BCUT2D eigenvalue weighted by atomic mass is 13.9. The average molecular weight is 150 g/mol. The van der Waals surface area contributed by atoms with Crippen LogP contribution in [0.25, 0.3) is 0 Å². The van der Waals surface area contributed by atoms with Crippen molar-refractivity contribution < 1.29 is 0 Å². The van der Waals surface area contributed by atoms with Crippen molar-refractivity contribution in [1.29, 1.82) is 0 Å². The van der Waals surface area contributed by atoms with Crippen LogP contribution >= 0.6 is 0 Å². The zero-order chi connectivity index (χ0) is 8.53. The first-order valence-corrected chi connectivity index (χ1v) is 4.24. The Hall–Kier alpha value is -0.780. The lowest BCUT2D eigenvalue weighted by atomic mass is 10.1. The predicted molar refractivity (Wildman–Crippen MR) is 52.6 cm³/mol. The molecule has 0 aromatic heterocycles. The Morgan fingerprint density at radius 1 is 1.36 bits per heavy atom. The maximum atomic E-state index is 3.69. The summed E-state index contributed by atoms with van der Waals surface area (Å²) in [7, 11) is 0. The maximum Gasteiger partial charge on any atom is -0.0279 e. The van der Waals surface area contributed by atoms with Gasteiger partial charge in [-0.2, -0.15) is 0 Å². The summed E-state index contributed by atoms with van der Waals surface area (Å²) in [4.78, 5) is 0. The van der Waals surface area contributed by atoms with Crippen molar-refractivity contribution in [2.24, 2.45) is 0 Å². The highest BCUT2D eigenvalue weighted by Crippen LogP contribution is 2.08. The number of unbranched alkanes of at least 4 members (excludes halogenated alkanes) is 1. The van der Waals surface area contributed by atoms with Gasteiger partial charge >= 0.3 is 0 Å². The maximum absolute atomic E-state index is 3.69. The Kier molecular flexibility index (Phi) is 6.81. The van der Waals surface area contributed by atoms with Crippen LogP contribution in [0.1, 0.15) is 33.1 Å². The van der Waals surface area contributed by atoms with Gasteiger partial charge in [0.1, 0.15) is 0 Å². The molecule has 0 unspecified atom stereocenters. The highest BCUT2D eigenvalue weighted by molar-refractivity contribution is 5.16. The highest BCUT2D eigenvalue weighted by Gasteiger charge is 1.88. The summed E-state index contributed by atoms with van der Waals surface area (Å²) >= 11 is 0. The fourth-order valence-corrected chi connectivity index (χ4v) is 0.988. The third-order valence-electron chi connectivity index (χ3n) is 1.63. The Labute approximate surface area is 70.3 Å². The molecule has 0 fully saturated rings. The molecule has 0 atom stereocenters. The van der Waals surface area contributed by atoms with E-state index in [1.807, 2.05) is 6.08 Å². The molecular weight excluding hydrogens is 132 g/mol. The van der Waals surface area contributed by atoms with Gasteiger partial charge in [0.05, 0.1) is 0 Å². The van der Waals surface area contributed by atoms with Crippen LogP contribution in [0, 0.1) is 0 Å². The van der Waals surface area contributed by atoms with Crippen molar-refractivity contribution in [2.45, 2.75) is 33.1 Å². The first-order chi connectivity index (χ1) is 5.35. The fraction of sp³-hybridized carbons (Fsp3) is 0.455. The molecule has 0 aliphatic heterocycles. The van der Waals surface area contributed by atoms with Gasteiger partial charge in [-0.05, 0) is 33.1 Å². The SMILES string of the molecule is C=CCCCC(/C=C\C)=C/C. The van der Waals surface area contributed by atoms with Crippen LogP contribution in [0.3, 0.4) is 0 Å². The predicted octanol–water partition coefficient (Wildman–Crippen LogP) is 3.87. The molecule has 0 rings (SSSR count). The van der Waals surface area contributed by atoms with Gasteiger partial charge in [-0.3, -0.25) is 0 Å². The van der Waals surface area contributed by atoms with Crippen LogP contribution in [0.15, 0.2) is 36.5 Å². The van der Waals surface area contributed by atoms with Gasteiger partial charge < -0.3 is 0 Å². The van der Waals surface area contributed by atoms with E-state index >= 15 is 0 Å². The van der Waals surface area contributed by atoms with E-state index in [0.29, 0.717) is 0 Å². The van der Waals surface area contributed by atoms with Gasteiger partial charge in [-0.25, -0.2) is 0 Å². The normalized spacial score (nSPS) is 12.4. The van der Waals surface area contributed by atoms with Crippen LogP contribution in [-0.2, 0) is 0 Å². The van der Waals surface area contributed by atoms with Crippen molar-refractivity contribution in [3.8, 4) is 0 Å². The molecule has 0 heteroatoms. The van der Waals surface area contributed by atoms with Crippen LogP contribution in [-0.4, -0.2) is 0 Å². The lowest BCUT2D eigenvalue weighted by molar-refractivity contribution is 0.846. The van der Waals surface area contributed by atoms with E-state index in [0.717, 1.165) is 6.42 Å². The number of rotatable bonds is 5. The second-order valence-electron chi connectivity index (χ2n) is 2.54. The third kappa shape index (κ3) is 5.65. The molecule has 62 valence electrons. The summed E-state index contributed by atoms with van der Waals surface area (Å²) in [5.41, 5.74) is 1.43. The molecule has 0 spiro atoms. The molecule has 11 heavy (non-hydrogen) atoms. The molecule has 0 N–H and O–H groups in total. The second kappa shape index (κ2) is 7.33. The smallest absolute Gasteiger partial charge is 0.0279 e. The van der Waals surface area contributed by atoms with E-state index in [4.69, 9.17) is 0 Å². The van der Waals surface area contributed by atoms with Crippen LogP contribution in [0.2, 0.25) is 0 Å². The monoisotopic (exact) mass is 150 g/mol. The minimum Gasteiger partial charge on any atom is -0.103 e. The number of hydrogen-bond acceptors (Lipinski definition) is 0. The van der Waals surface area contributed by atoms with E-state index in [2.05, 4.69) is 38.7 Å². The van der Waals surface area contributed by atoms with Gasteiger partial charge in [0.25, 0.3) is 0 Å². The van der Waals surface area contributed by atoms with Gasteiger partial charge in [0.2, 0.25) is 0 Å². The molecular formula is C11H18. The van der Waals surface area contributed by atoms with E-state index in [-0.39, 0.29) is 0 Å². The molecule has 0 amide bonds. The minimum absolute atomic E-state index is 1.12. The molecule has 0 aliphatic rings. The molecule has 0 radical (unpaired) electrons. The Bertz CT molecular complexity index is 149. The quantitative estimate of drug-likeness (QED) is 0.317. The summed E-state index contributed by atoms with van der Waals surface area (Å²) in [5, 5.41) is 0. The molecule has 0 heterocycles. The molecule has 0 saturated carbocycles. The van der Waals surface area contributed by atoms with Crippen molar-refractivity contribution in [2.75, 3.05) is 0 Å². The van der Waals surface area contributed by atoms with E-state index in [9.17, 15) is 0 Å². The molecule has 0 bridgehead atoms. The van der Waals surface area contributed by atoms with Crippen molar-refractivity contribution in [3.63, 3.8) is 0 Å². The Morgan fingerprint density at radius 2 is 2.09 bits per heavy atom. The van der Waals surface area contributed by atoms with Crippen LogP contribution in [0.4, 0.5) is 0 Å². The van der Waals surface area contributed by atoms with Gasteiger partial charge in [-0.1, -0.05) is 29.9 Å². The van der Waals surface area contributed by atoms with Crippen molar-refractivity contribution >= 4 is 0 Å². The van der Waals surface area contributed by atoms with E-state index in [1.165, 1.54) is 18.4 Å². The Morgan fingerprint density at radius 3 is 2.55 bits per heavy atom. The zero-order valence-electron chi connectivity index (χ0n) is 7.64. The molecule has 0 nitrogen and oxygen atoms in total. The number of allylic oxidation sites excluding steroid dienone is 5. The Balaban J connectivity index is 3.62.